The van der Waals surface area contributed by atoms with Crippen molar-refractivity contribution in [3.8, 4) is 0 Å². The van der Waals surface area contributed by atoms with Crippen LogP contribution in [0.1, 0.15) is 30.0 Å². The van der Waals surface area contributed by atoms with Gasteiger partial charge in [-0.25, -0.2) is 0 Å². The van der Waals surface area contributed by atoms with E-state index < -0.39 is 11.7 Å². The lowest BCUT2D eigenvalue weighted by atomic mass is 9.81. The van der Waals surface area contributed by atoms with Gasteiger partial charge >= 0.3 is 6.18 Å². The summed E-state index contributed by atoms with van der Waals surface area (Å²) >= 11 is 0. The van der Waals surface area contributed by atoms with E-state index in [1.807, 2.05) is 24.3 Å². The van der Waals surface area contributed by atoms with Gasteiger partial charge in [0.2, 0.25) is 0 Å². The van der Waals surface area contributed by atoms with Gasteiger partial charge in [0.25, 0.3) is 0 Å². The van der Waals surface area contributed by atoms with Gasteiger partial charge in [-0.05, 0) is 30.2 Å². The summed E-state index contributed by atoms with van der Waals surface area (Å²) in [7, 11) is 0. The van der Waals surface area contributed by atoms with Crippen molar-refractivity contribution in [2.75, 3.05) is 13.1 Å². The number of hydrogen-bond donors (Lipinski definition) is 0. The lowest BCUT2D eigenvalue weighted by molar-refractivity contribution is -0.137. The molecule has 0 aromatic heterocycles. The number of likely N-dealkylation sites (tertiary alicyclic amines) is 1. The van der Waals surface area contributed by atoms with Crippen LogP contribution in [-0.2, 0) is 18.1 Å². The summed E-state index contributed by atoms with van der Waals surface area (Å²) in [6.45, 7) is 4.59. The summed E-state index contributed by atoms with van der Waals surface area (Å²) in [4.78, 5) is 2.32. The van der Waals surface area contributed by atoms with Gasteiger partial charge in [-0.15, -0.1) is 0 Å². The van der Waals surface area contributed by atoms with Crippen LogP contribution in [0.2, 0.25) is 0 Å². The van der Waals surface area contributed by atoms with E-state index in [0.29, 0.717) is 0 Å². The fourth-order valence-electron chi connectivity index (χ4n) is 3.34. The monoisotopic (exact) mass is 319 g/mol. The Kier molecular flexibility index (Phi) is 4.19. The maximum absolute atomic E-state index is 12.9. The molecule has 0 radical (unpaired) electrons. The minimum atomic E-state index is -4.28. The zero-order valence-corrected chi connectivity index (χ0v) is 13.1. The van der Waals surface area contributed by atoms with Crippen molar-refractivity contribution in [3.05, 3.63) is 71.3 Å². The van der Waals surface area contributed by atoms with Gasteiger partial charge < -0.3 is 0 Å². The molecule has 1 nitrogen and oxygen atoms in total. The lowest BCUT2D eigenvalue weighted by Gasteiger charge is -2.26. The first kappa shape index (κ1) is 16.1. The Morgan fingerprint density at radius 2 is 1.78 bits per heavy atom. The molecule has 1 heterocycles. The van der Waals surface area contributed by atoms with E-state index in [4.69, 9.17) is 0 Å². The van der Waals surface area contributed by atoms with Crippen LogP contribution in [0.25, 0.3) is 0 Å². The average molecular weight is 319 g/mol. The number of rotatable bonds is 3. The molecule has 2 aromatic carbocycles. The number of nitrogens with zero attached hydrogens (tertiary/aromatic N) is 1. The first-order valence-corrected chi connectivity index (χ1v) is 7.81. The molecule has 1 fully saturated rings. The number of alkyl halides is 3. The van der Waals surface area contributed by atoms with Crippen LogP contribution in [0, 0.1) is 0 Å². The first-order valence-electron chi connectivity index (χ1n) is 7.81. The Balaban J connectivity index is 1.76. The van der Waals surface area contributed by atoms with E-state index in [-0.39, 0.29) is 5.41 Å². The Bertz CT molecular complexity index is 666. The lowest BCUT2D eigenvalue weighted by Crippen LogP contribution is -2.28. The number of hydrogen-bond acceptors (Lipinski definition) is 1. The largest absolute Gasteiger partial charge is 0.416 e. The van der Waals surface area contributed by atoms with E-state index in [2.05, 4.69) is 24.0 Å². The molecule has 0 bridgehead atoms. The minimum Gasteiger partial charge on any atom is -0.298 e. The van der Waals surface area contributed by atoms with Crippen LogP contribution in [0.15, 0.2) is 54.6 Å². The maximum atomic E-state index is 12.9. The molecule has 4 heteroatoms. The standard InChI is InChI=1S/C19H20F3N/c1-18(16-8-5-9-17(12-16)19(20,21)22)10-11-23(14-18)13-15-6-3-2-4-7-15/h2-9,12H,10-11,13-14H2,1H3/t18-/m0/s1. The van der Waals surface area contributed by atoms with Crippen molar-refractivity contribution in [2.24, 2.45) is 0 Å². The molecule has 1 atom stereocenters. The highest BCUT2D eigenvalue weighted by Crippen LogP contribution is 2.37. The van der Waals surface area contributed by atoms with Crippen molar-refractivity contribution in [1.82, 2.24) is 4.90 Å². The Labute approximate surface area is 134 Å². The molecule has 0 unspecified atom stereocenters. The molecule has 0 N–H and O–H groups in total. The number of benzene rings is 2. The topological polar surface area (TPSA) is 3.24 Å². The van der Waals surface area contributed by atoms with Gasteiger partial charge in [-0.2, -0.15) is 13.2 Å². The number of halogens is 3. The second kappa shape index (κ2) is 6.00. The maximum Gasteiger partial charge on any atom is 0.416 e. The molecule has 2 aromatic rings. The van der Waals surface area contributed by atoms with Crippen molar-refractivity contribution in [2.45, 2.75) is 31.5 Å². The van der Waals surface area contributed by atoms with E-state index in [0.717, 1.165) is 37.7 Å². The zero-order valence-electron chi connectivity index (χ0n) is 13.1. The molecule has 1 aliphatic rings. The first-order chi connectivity index (χ1) is 10.9. The van der Waals surface area contributed by atoms with Crippen LogP contribution in [0.3, 0.4) is 0 Å². The second-order valence-corrected chi connectivity index (χ2v) is 6.59. The summed E-state index contributed by atoms with van der Waals surface area (Å²) in [5.74, 6) is 0. The van der Waals surface area contributed by atoms with E-state index in [1.54, 1.807) is 0 Å². The third-order valence-corrected chi connectivity index (χ3v) is 4.69. The Hall–Kier alpha value is -1.81. The molecule has 3 rings (SSSR count). The van der Waals surface area contributed by atoms with Gasteiger partial charge in [0.1, 0.15) is 0 Å². The molecule has 122 valence electrons. The Morgan fingerprint density at radius 1 is 1.04 bits per heavy atom. The van der Waals surface area contributed by atoms with Gasteiger partial charge in [-0.1, -0.05) is 55.5 Å². The van der Waals surface area contributed by atoms with Gasteiger partial charge in [0.05, 0.1) is 5.56 Å². The third-order valence-electron chi connectivity index (χ3n) is 4.69. The SMILES string of the molecule is C[C@]1(c2cccc(C(F)(F)F)c2)CCN(Cc2ccccc2)C1. The van der Waals surface area contributed by atoms with Crippen LogP contribution < -0.4 is 0 Å². The van der Waals surface area contributed by atoms with Gasteiger partial charge in [0.15, 0.2) is 0 Å². The summed E-state index contributed by atoms with van der Waals surface area (Å²) < 4.78 is 38.8. The average Bonchev–Trinajstić information content (AvgIpc) is 2.90. The normalized spacial score (nSPS) is 22.4. The highest BCUT2D eigenvalue weighted by Gasteiger charge is 2.37. The van der Waals surface area contributed by atoms with Crippen LogP contribution in [-0.4, -0.2) is 18.0 Å². The molecule has 0 amide bonds. The molecule has 1 saturated heterocycles. The Morgan fingerprint density at radius 3 is 2.48 bits per heavy atom. The van der Waals surface area contributed by atoms with E-state index in [1.165, 1.54) is 17.7 Å². The van der Waals surface area contributed by atoms with Gasteiger partial charge in [0, 0.05) is 18.5 Å². The molecule has 0 aliphatic carbocycles. The van der Waals surface area contributed by atoms with Crippen LogP contribution in [0.4, 0.5) is 13.2 Å². The molecule has 0 spiro atoms. The molecule has 1 aliphatic heterocycles. The highest BCUT2D eigenvalue weighted by molar-refractivity contribution is 5.32. The minimum absolute atomic E-state index is 0.226. The molecular formula is C19H20F3N. The van der Waals surface area contributed by atoms with E-state index in [9.17, 15) is 13.2 Å². The fourth-order valence-corrected chi connectivity index (χ4v) is 3.34. The van der Waals surface area contributed by atoms with Crippen LogP contribution in [0.5, 0.6) is 0 Å². The van der Waals surface area contributed by atoms with Crippen molar-refractivity contribution >= 4 is 0 Å². The van der Waals surface area contributed by atoms with Crippen molar-refractivity contribution in [1.29, 1.82) is 0 Å². The second-order valence-electron chi connectivity index (χ2n) is 6.59. The predicted molar refractivity (Wildman–Crippen MR) is 85.1 cm³/mol. The summed E-state index contributed by atoms with van der Waals surface area (Å²) in [5, 5.41) is 0. The zero-order chi connectivity index (χ0) is 16.5. The molecular weight excluding hydrogens is 299 g/mol. The highest BCUT2D eigenvalue weighted by atomic mass is 19.4. The summed E-state index contributed by atoms with van der Waals surface area (Å²) in [6.07, 6.45) is -3.41. The smallest absolute Gasteiger partial charge is 0.298 e. The van der Waals surface area contributed by atoms with Gasteiger partial charge in [-0.3, -0.25) is 4.90 Å². The summed E-state index contributed by atoms with van der Waals surface area (Å²) in [6, 6.07) is 16.0. The van der Waals surface area contributed by atoms with Crippen molar-refractivity contribution < 1.29 is 13.2 Å². The van der Waals surface area contributed by atoms with Crippen LogP contribution >= 0.6 is 0 Å². The predicted octanol–water partition coefficient (Wildman–Crippen LogP) is 4.87. The quantitative estimate of drug-likeness (QED) is 0.780. The summed E-state index contributed by atoms with van der Waals surface area (Å²) in [5.41, 5.74) is 1.23. The van der Waals surface area contributed by atoms with Crippen molar-refractivity contribution in [3.63, 3.8) is 0 Å². The van der Waals surface area contributed by atoms with E-state index >= 15 is 0 Å². The molecule has 23 heavy (non-hydrogen) atoms. The fraction of sp³-hybridized carbons (Fsp3) is 0.368. The molecule has 0 saturated carbocycles. The third kappa shape index (κ3) is 3.58.